The molecule has 0 amide bonds. The minimum atomic E-state index is -0.828. The number of rotatable bonds is 3. The van der Waals surface area contributed by atoms with Crippen molar-refractivity contribution in [1.82, 2.24) is 0 Å². The van der Waals surface area contributed by atoms with E-state index in [1.807, 2.05) is 48.5 Å². The van der Waals surface area contributed by atoms with E-state index in [2.05, 4.69) is 0 Å². The first-order valence-corrected chi connectivity index (χ1v) is 7.67. The van der Waals surface area contributed by atoms with Crippen molar-refractivity contribution in [3.63, 3.8) is 0 Å². The molecule has 0 saturated carbocycles. The minimum Gasteiger partial charge on any atom is -0.481 e. The molecule has 0 aliphatic carbocycles. The number of aliphatic carboxylic acids is 1. The highest BCUT2D eigenvalue weighted by molar-refractivity contribution is 6.30. The van der Waals surface area contributed by atoms with Crippen LogP contribution in [-0.4, -0.2) is 24.3 Å². The summed E-state index contributed by atoms with van der Waals surface area (Å²) in [5.41, 5.74) is 2.06. The number of benzene rings is 2. The zero-order valence-electron chi connectivity index (χ0n) is 12.1. The second-order valence-electron chi connectivity index (χ2n) is 5.59. The van der Waals surface area contributed by atoms with Gasteiger partial charge in [-0.15, -0.1) is 0 Å². The van der Waals surface area contributed by atoms with Gasteiger partial charge in [-0.1, -0.05) is 48.0 Å². The van der Waals surface area contributed by atoms with Gasteiger partial charge in [0.2, 0.25) is 0 Å². The molecule has 0 atom stereocenters. The van der Waals surface area contributed by atoms with Gasteiger partial charge < -0.3 is 9.84 Å². The second-order valence-corrected chi connectivity index (χ2v) is 6.02. The predicted molar refractivity (Wildman–Crippen MR) is 86.3 cm³/mol. The molecule has 0 unspecified atom stereocenters. The topological polar surface area (TPSA) is 46.5 Å². The molecule has 1 heterocycles. The molecule has 0 spiro atoms. The molecule has 3 nitrogen and oxygen atoms in total. The number of carboxylic acids is 1. The molecule has 1 fully saturated rings. The van der Waals surface area contributed by atoms with Crippen LogP contribution in [0.25, 0.3) is 11.1 Å². The Bertz CT molecular complexity index is 673. The van der Waals surface area contributed by atoms with Gasteiger partial charge in [0, 0.05) is 18.2 Å². The Labute approximate surface area is 134 Å². The molecule has 3 rings (SSSR count). The zero-order valence-corrected chi connectivity index (χ0v) is 12.8. The van der Waals surface area contributed by atoms with Crippen LogP contribution in [0.2, 0.25) is 5.02 Å². The van der Waals surface area contributed by atoms with Crippen molar-refractivity contribution in [2.45, 2.75) is 18.3 Å². The molecule has 0 aromatic heterocycles. The average molecular weight is 317 g/mol. The monoisotopic (exact) mass is 316 g/mol. The predicted octanol–water partition coefficient (Wildman–Crippen LogP) is 4.14. The summed E-state index contributed by atoms with van der Waals surface area (Å²) in [5.74, 6) is -0.772. The molecular formula is C18H17ClO3. The maximum absolute atomic E-state index is 11.8. The first-order valence-electron chi connectivity index (χ1n) is 7.29. The van der Waals surface area contributed by atoms with E-state index < -0.39 is 11.4 Å². The molecule has 2 aromatic carbocycles. The van der Waals surface area contributed by atoms with Crippen LogP contribution >= 0.6 is 11.6 Å². The fourth-order valence-corrected chi connectivity index (χ4v) is 3.19. The molecule has 1 saturated heterocycles. The van der Waals surface area contributed by atoms with Gasteiger partial charge in [-0.2, -0.15) is 0 Å². The lowest BCUT2D eigenvalue weighted by atomic mass is 9.74. The number of hydrogen-bond donors (Lipinski definition) is 1. The van der Waals surface area contributed by atoms with Crippen LogP contribution in [0.4, 0.5) is 0 Å². The lowest BCUT2D eigenvalue weighted by Crippen LogP contribution is -2.41. The van der Waals surface area contributed by atoms with Gasteiger partial charge >= 0.3 is 5.97 Å². The fourth-order valence-electron chi connectivity index (χ4n) is 3.00. The Morgan fingerprint density at radius 3 is 2.32 bits per heavy atom. The molecule has 1 aliphatic heterocycles. The second kappa shape index (κ2) is 6.11. The van der Waals surface area contributed by atoms with Crippen molar-refractivity contribution < 1.29 is 14.6 Å². The Kier molecular flexibility index (Phi) is 4.19. The highest BCUT2D eigenvalue weighted by atomic mass is 35.5. The molecule has 22 heavy (non-hydrogen) atoms. The highest BCUT2D eigenvalue weighted by Crippen LogP contribution is 2.36. The first kappa shape index (κ1) is 15.1. The summed E-state index contributed by atoms with van der Waals surface area (Å²) in [6, 6.07) is 15.4. The van der Waals surface area contributed by atoms with Crippen molar-refractivity contribution in [3.05, 3.63) is 59.1 Å². The Morgan fingerprint density at radius 1 is 1.05 bits per heavy atom. The summed E-state index contributed by atoms with van der Waals surface area (Å²) in [4.78, 5) is 11.8. The van der Waals surface area contributed by atoms with Crippen LogP contribution in [0.3, 0.4) is 0 Å². The standard InChI is InChI=1S/C18H17ClO3/c19-16-3-1-2-14(12-16)13-4-6-15(7-5-13)18(17(20)21)8-10-22-11-9-18/h1-7,12H,8-11H2,(H,20,21). The quantitative estimate of drug-likeness (QED) is 0.925. The van der Waals surface area contributed by atoms with Crippen molar-refractivity contribution in [2.75, 3.05) is 13.2 Å². The number of ether oxygens (including phenoxy) is 1. The Hall–Kier alpha value is -1.84. The third kappa shape index (κ3) is 2.74. The van der Waals surface area contributed by atoms with E-state index in [1.165, 1.54) is 0 Å². The van der Waals surface area contributed by atoms with Crippen LogP contribution in [0, 0.1) is 0 Å². The van der Waals surface area contributed by atoms with E-state index in [0.29, 0.717) is 31.1 Å². The van der Waals surface area contributed by atoms with E-state index in [1.54, 1.807) is 0 Å². The van der Waals surface area contributed by atoms with E-state index in [0.717, 1.165) is 16.7 Å². The van der Waals surface area contributed by atoms with Crippen molar-refractivity contribution in [1.29, 1.82) is 0 Å². The van der Waals surface area contributed by atoms with Crippen molar-refractivity contribution >= 4 is 17.6 Å². The molecule has 114 valence electrons. The first-order chi connectivity index (χ1) is 10.6. The van der Waals surface area contributed by atoms with Crippen molar-refractivity contribution in [3.8, 4) is 11.1 Å². The van der Waals surface area contributed by atoms with Gasteiger partial charge in [0.1, 0.15) is 0 Å². The summed E-state index contributed by atoms with van der Waals surface area (Å²) < 4.78 is 5.32. The summed E-state index contributed by atoms with van der Waals surface area (Å²) in [5, 5.41) is 10.4. The number of carbonyl (C=O) groups is 1. The summed E-state index contributed by atoms with van der Waals surface area (Å²) in [6.07, 6.45) is 1.03. The highest BCUT2D eigenvalue weighted by Gasteiger charge is 2.41. The Morgan fingerprint density at radius 2 is 1.73 bits per heavy atom. The SMILES string of the molecule is O=C(O)C1(c2ccc(-c3cccc(Cl)c3)cc2)CCOCC1. The third-order valence-corrected chi connectivity index (χ3v) is 4.59. The lowest BCUT2D eigenvalue weighted by Gasteiger charge is -2.33. The summed E-state index contributed by atoms with van der Waals surface area (Å²) in [7, 11) is 0. The van der Waals surface area contributed by atoms with Crippen LogP contribution < -0.4 is 0 Å². The average Bonchev–Trinajstić information content (AvgIpc) is 2.55. The van der Waals surface area contributed by atoms with Crippen LogP contribution in [0.1, 0.15) is 18.4 Å². The lowest BCUT2D eigenvalue weighted by molar-refractivity contribution is -0.147. The smallest absolute Gasteiger partial charge is 0.314 e. The van der Waals surface area contributed by atoms with Gasteiger partial charge in [-0.3, -0.25) is 4.79 Å². The Balaban J connectivity index is 1.94. The molecule has 2 aromatic rings. The van der Waals surface area contributed by atoms with E-state index >= 15 is 0 Å². The normalized spacial score (nSPS) is 17.1. The van der Waals surface area contributed by atoms with Crippen molar-refractivity contribution in [2.24, 2.45) is 0 Å². The maximum atomic E-state index is 11.8. The van der Waals surface area contributed by atoms with E-state index in [9.17, 15) is 9.90 Å². The molecule has 0 bridgehead atoms. The largest absolute Gasteiger partial charge is 0.481 e. The molecular weight excluding hydrogens is 300 g/mol. The van der Waals surface area contributed by atoms with E-state index in [-0.39, 0.29) is 0 Å². The zero-order chi connectivity index (χ0) is 15.6. The van der Waals surface area contributed by atoms with Crippen LogP contribution in [0.15, 0.2) is 48.5 Å². The molecule has 1 N–H and O–H groups in total. The van der Waals surface area contributed by atoms with E-state index in [4.69, 9.17) is 16.3 Å². The van der Waals surface area contributed by atoms with Gasteiger partial charge in [-0.05, 0) is 41.7 Å². The molecule has 1 aliphatic rings. The third-order valence-electron chi connectivity index (χ3n) is 4.35. The number of halogens is 1. The van der Waals surface area contributed by atoms with Gasteiger partial charge in [0.25, 0.3) is 0 Å². The summed E-state index contributed by atoms with van der Waals surface area (Å²) >= 11 is 6.02. The molecule has 4 heteroatoms. The van der Waals surface area contributed by atoms with Crippen LogP contribution in [-0.2, 0) is 14.9 Å². The van der Waals surface area contributed by atoms with Gasteiger partial charge in [0.15, 0.2) is 0 Å². The number of hydrogen-bond acceptors (Lipinski definition) is 2. The van der Waals surface area contributed by atoms with Gasteiger partial charge in [0.05, 0.1) is 5.41 Å². The minimum absolute atomic E-state index is 0.488. The maximum Gasteiger partial charge on any atom is 0.314 e. The summed E-state index contributed by atoms with van der Waals surface area (Å²) in [6.45, 7) is 0.977. The number of carboxylic acid groups (broad SMARTS) is 1. The fraction of sp³-hybridized carbons (Fsp3) is 0.278. The van der Waals surface area contributed by atoms with Gasteiger partial charge in [-0.25, -0.2) is 0 Å². The molecule has 0 radical (unpaired) electrons. The van der Waals surface area contributed by atoms with Crippen LogP contribution in [0.5, 0.6) is 0 Å².